The van der Waals surface area contributed by atoms with E-state index in [9.17, 15) is 9.90 Å². The quantitative estimate of drug-likeness (QED) is 0.548. The number of anilines is 2. The van der Waals surface area contributed by atoms with Crippen LogP contribution in [-0.4, -0.2) is 82.3 Å². The van der Waals surface area contributed by atoms with E-state index >= 15 is 0 Å². The molecule has 4 fully saturated rings. The van der Waals surface area contributed by atoms with Gasteiger partial charge in [-0.1, -0.05) is 0 Å². The predicted octanol–water partition coefficient (Wildman–Crippen LogP) is 3.83. The number of fused-ring (bicyclic) bond motifs is 3. The molecule has 2 bridgehead atoms. The Morgan fingerprint density at radius 3 is 2.37 bits per heavy atom. The van der Waals surface area contributed by atoms with Gasteiger partial charge in [0.1, 0.15) is 5.82 Å². The molecule has 5 heterocycles. The average molecular weight is 521 g/mol. The van der Waals surface area contributed by atoms with Gasteiger partial charge in [-0.2, -0.15) is 5.10 Å². The van der Waals surface area contributed by atoms with Crippen molar-refractivity contribution in [3.63, 3.8) is 0 Å². The molecule has 11 nitrogen and oxygen atoms in total. The Kier molecular flexibility index (Phi) is 5.75. The fourth-order valence-electron chi connectivity index (χ4n) is 6.35. The van der Waals surface area contributed by atoms with Crippen LogP contribution in [0.2, 0.25) is 0 Å². The lowest BCUT2D eigenvalue weighted by molar-refractivity contribution is -0.181. The van der Waals surface area contributed by atoms with Crippen LogP contribution in [0.15, 0.2) is 30.5 Å². The van der Waals surface area contributed by atoms with Crippen LogP contribution in [0, 0.1) is 0 Å². The molecule has 1 N–H and O–H groups in total. The van der Waals surface area contributed by atoms with Crippen LogP contribution >= 0.6 is 0 Å². The third-order valence-electron chi connectivity index (χ3n) is 8.45. The molecule has 2 unspecified atom stereocenters. The summed E-state index contributed by atoms with van der Waals surface area (Å²) in [7, 11) is 1.53. The van der Waals surface area contributed by atoms with Crippen molar-refractivity contribution in [1.29, 1.82) is 0 Å². The highest BCUT2D eigenvalue weighted by Crippen LogP contribution is 2.42. The number of carboxylic acid groups (broad SMARTS) is 1. The Bertz CT molecular complexity index is 1330. The minimum absolute atomic E-state index is 0.203. The second kappa shape index (κ2) is 9.18. The first kappa shape index (κ1) is 23.8. The van der Waals surface area contributed by atoms with E-state index in [-0.39, 0.29) is 18.2 Å². The Hall–Kier alpha value is -3.28. The van der Waals surface area contributed by atoms with Crippen molar-refractivity contribution >= 4 is 28.6 Å². The zero-order valence-corrected chi connectivity index (χ0v) is 21.5. The van der Waals surface area contributed by atoms with Crippen LogP contribution in [0.4, 0.5) is 16.3 Å². The minimum atomic E-state index is -1.01. The lowest BCUT2D eigenvalue weighted by Gasteiger charge is -2.35. The molecule has 1 spiro atoms. The zero-order chi connectivity index (χ0) is 25.9. The molecule has 1 aliphatic carbocycles. The van der Waals surface area contributed by atoms with E-state index in [1.54, 1.807) is 12.1 Å². The van der Waals surface area contributed by atoms with Crippen LogP contribution in [0.25, 0.3) is 22.4 Å². The SMILES string of the molecule is CN(C(=O)O)c1ccc(-c2nc(N3CC4CCC(C3)O4)c3cnn(C4CCC5(CC4)OCCO5)c3n2)cc1. The monoisotopic (exact) mass is 520 g/mol. The zero-order valence-electron chi connectivity index (χ0n) is 21.5. The van der Waals surface area contributed by atoms with Gasteiger partial charge in [0.25, 0.3) is 0 Å². The summed E-state index contributed by atoms with van der Waals surface area (Å²) in [6.07, 6.45) is 7.00. The number of amides is 1. The molecule has 1 amide bonds. The molecule has 2 atom stereocenters. The van der Waals surface area contributed by atoms with E-state index in [0.717, 1.165) is 74.0 Å². The highest BCUT2D eigenvalue weighted by molar-refractivity contribution is 5.89. The molecule has 1 aromatic carbocycles. The van der Waals surface area contributed by atoms with E-state index in [4.69, 9.17) is 29.3 Å². The summed E-state index contributed by atoms with van der Waals surface area (Å²) in [5, 5.41) is 15.1. The first-order valence-corrected chi connectivity index (χ1v) is 13.5. The average Bonchev–Trinajstić information content (AvgIpc) is 3.67. The van der Waals surface area contributed by atoms with Gasteiger partial charge < -0.3 is 24.2 Å². The highest BCUT2D eigenvalue weighted by atomic mass is 16.7. The summed E-state index contributed by atoms with van der Waals surface area (Å²) < 4.78 is 20.0. The first-order chi connectivity index (χ1) is 18.5. The number of benzene rings is 1. The second-order valence-corrected chi connectivity index (χ2v) is 10.8. The van der Waals surface area contributed by atoms with Gasteiger partial charge in [0.2, 0.25) is 0 Å². The molecule has 4 aliphatic rings. The number of rotatable bonds is 4. The number of carbonyl (C=O) groups is 1. The molecule has 3 saturated heterocycles. The highest BCUT2D eigenvalue weighted by Gasteiger charge is 2.41. The van der Waals surface area contributed by atoms with Crippen LogP contribution in [-0.2, 0) is 14.2 Å². The molecule has 3 aromatic rings. The number of ether oxygens (including phenoxy) is 3. The number of hydrogen-bond donors (Lipinski definition) is 1. The Balaban J connectivity index is 1.27. The fraction of sp³-hybridized carbons (Fsp3) is 0.556. The fourth-order valence-corrected chi connectivity index (χ4v) is 6.35. The molecule has 200 valence electrons. The normalized spacial score (nSPS) is 24.9. The van der Waals surface area contributed by atoms with Crippen molar-refractivity contribution < 1.29 is 24.1 Å². The summed E-state index contributed by atoms with van der Waals surface area (Å²) >= 11 is 0. The predicted molar refractivity (Wildman–Crippen MR) is 139 cm³/mol. The summed E-state index contributed by atoms with van der Waals surface area (Å²) in [5.41, 5.74) is 2.24. The van der Waals surface area contributed by atoms with Gasteiger partial charge in [0.05, 0.1) is 43.0 Å². The molecule has 3 aliphatic heterocycles. The van der Waals surface area contributed by atoms with Gasteiger partial charge >= 0.3 is 6.09 Å². The molecular formula is C27H32N6O5. The number of hydrogen-bond acceptors (Lipinski definition) is 8. The third kappa shape index (κ3) is 4.09. The van der Waals surface area contributed by atoms with Crippen LogP contribution in [0.3, 0.4) is 0 Å². The van der Waals surface area contributed by atoms with Gasteiger partial charge in [-0.3, -0.25) is 4.90 Å². The van der Waals surface area contributed by atoms with Crippen LogP contribution in [0.5, 0.6) is 0 Å². The summed E-state index contributed by atoms with van der Waals surface area (Å²) in [6.45, 7) is 2.93. The lowest BCUT2D eigenvalue weighted by atomic mass is 9.90. The van der Waals surface area contributed by atoms with Crippen molar-refractivity contribution in [1.82, 2.24) is 19.7 Å². The van der Waals surface area contributed by atoms with Crippen molar-refractivity contribution in [2.45, 2.75) is 62.6 Å². The standard InChI is InChI=1S/C27H32N6O5/c1-31(26(34)35)18-4-2-17(3-5-18)23-29-24(32-15-20-6-7-21(16-32)38-20)22-14-28-33(25(22)30-23)19-8-10-27(11-9-19)36-12-13-37-27/h2-5,14,19-21H,6-13,15-16H2,1H3,(H,34,35). The van der Waals surface area contributed by atoms with Gasteiger partial charge in [-0.25, -0.2) is 19.4 Å². The van der Waals surface area contributed by atoms with Crippen molar-refractivity contribution in [2.75, 3.05) is 43.2 Å². The number of morpholine rings is 1. The van der Waals surface area contributed by atoms with Gasteiger partial charge in [0.15, 0.2) is 17.3 Å². The molecule has 7 rings (SSSR count). The minimum Gasteiger partial charge on any atom is -0.465 e. The maximum atomic E-state index is 11.4. The topological polar surface area (TPSA) is 115 Å². The largest absolute Gasteiger partial charge is 0.465 e. The van der Waals surface area contributed by atoms with Crippen LogP contribution < -0.4 is 9.80 Å². The molecule has 0 radical (unpaired) electrons. The Morgan fingerprint density at radius 2 is 1.71 bits per heavy atom. The lowest BCUT2D eigenvalue weighted by Crippen LogP contribution is -2.43. The summed E-state index contributed by atoms with van der Waals surface area (Å²) in [6, 6.07) is 7.52. The summed E-state index contributed by atoms with van der Waals surface area (Å²) in [5.74, 6) is 1.06. The van der Waals surface area contributed by atoms with E-state index in [1.807, 2.05) is 18.3 Å². The molecule has 11 heteroatoms. The smallest absolute Gasteiger partial charge is 0.411 e. The van der Waals surface area contributed by atoms with E-state index in [1.165, 1.54) is 11.9 Å². The molecule has 1 saturated carbocycles. The molecular weight excluding hydrogens is 488 g/mol. The molecule has 2 aromatic heterocycles. The second-order valence-electron chi connectivity index (χ2n) is 10.8. The van der Waals surface area contributed by atoms with Gasteiger partial charge in [-0.15, -0.1) is 0 Å². The summed E-state index contributed by atoms with van der Waals surface area (Å²) in [4.78, 5) is 25.0. The van der Waals surface area contributed by atoms with E-state index in [0.29, 0.717) is 24.7 Å². The van der Waals surface area contributed by atoms with Crippen molar-refractivity contribution in [2.24, 2.45) is 0 Å². The number of nitrogens with zero attached hydrogens (tertiary/aromatic N) is 6. The third-order valence-corrected chi connectivity index (χ3v) is 8.45. The number of aromatic nitrogens is 4. The van der Waals surface area contributed by atoms with E-state index in [2.05, 4.69) is 9.58 Å². The first-order valence-electron chi connectivity index (χ1n) is 13.5. The van der Waals surface area contributed by atoms with Gasteiger partial charge in [0, 0.05) is 44.2 Å². The Morgan fingerprint density at radius 1 is 1.03 bits per heavy atom. The van der Waals surface area contributed by atoms with Crippen molar-refractivity contribution in [3.05, 3.63) is 30.5 Å². The van der Waals surface area contributed by atoms with E-state index < -0.39 is 11.9 Å². The molecule has 38 heavy (non-hydrogen) atoms. The Labute approximate surface area is 220 Å². The van der Waals surface area contributed by atoms with Crippen LogP contribution in [0.1, 0.15) is 44.6 Å². The van der Waals surface area contributed by atoms with Crippen molar-refractivity contribution in [3.8, 4) is 11.4 Å². The van der Waals surface area contributed by atoms with Gasteiger partial charge in [-0.05, 0) is 49.9 Å². The maximum absolute atomic E-state index is 11.4. The maximum Gasteiger partial charge on any atom is 0.411 e.